The van der Waals surface area contributed by atoms with E-state index in [1.54, 1.807) is 31.0 Å². The fourth-order valence-electron chi connectivity index (χ4n) is 7.07. The van der Waals surface area contributed by atoms with Crippen molar-refractivity contribution < 1.29 is 32.2 Å². The molecule has 1 aromatic heterocycles. The molecule has 6 rings (SSSR count). The standard InChI is InChI=1S/C35H43ClN6O7S/c1-23(2)49-32-27(7-6-14-37-32)35(33(43)38-41-19-17-40(18-20-41)25-12-15-39(3)16-13-25)28-21-24(36)8-10-29(28)42(34(35)44)50(45,46)31-11-9-26(47-4)22-30(31)48-5/h6-11,14,21-23,25H,12-13,15-20H2,1-5H3,(H,38,43). The zero-order valence-electron chi connectivity index (χ0n) is 28.9. The molecule has 1 unspecified atom stereocenters. The third-order valence-electron chi connectivity index (χ3n) is 9.62. The third kappa shape index (κ3) is 6.39. The molecule has 3 aliphatic rings. The summed E-state index contributed by atoms with van der Waals surface area (Å²) in [7, 11) is 0.208. The quantitative estimate of drug-likeness (QED) is 0.309. The van der Waals surface area contributed by atoms with Crippen LogP contribution in [0.25, 0.3) is 0 Å². The van der Waals surface area contributed by atoms with Crippen molar-refractivity contribution in [2.24, 2.45) is 0 Å². The van der Waals surface area contributed by atoms with Gasteiger partial charge in [0.25, 0.3) is 21.8 Å². The third-order valence-corrected chi connectivity index (χ3v) is 11.6. The molecule has 0 radical (unpaired) electrons. The number of anilines is 1. The first-order valence-electron chi connectivity index (χ1n) is 16.6. The number of piperidine rings is 1. The van der Waals surface area contributed by atoms with Crippen LogP contribution in [-0.4, -0.2) is 113 Å². The van der Waals surface area contributed by atoms with Crippen LogP contribution in [0.4, 0.5) is 5.69 Å². The number of pyridine rings is 1. The molecule has 0 spiro atoms. The van der Waals surface area contributed by atoms with Crippen molar-refractivity contribution in [3.8, 4) is 17.4 Å². The Hall–Kier alpha value is -3.95. The molecule has 1 N–H and O–H groups in total. The van der Waals surface area contributed by atoms with Crippen molar-refractivity contribution >= 4 is 39.1 Å². The van der Waals surface area contributed by atoms with Crippen molar-refractivity contribution in [3.63, 3.8) is 0 Å². The van der Waals surface area contributed by atoms with Gasteiger partial charge in [-0.2, -0.15) is 0 Å². The monoisotopic (exact) mass is 726 g/mol. The first-order valence-corrected chi connectivity index (χ1v) is 18.5. The van der Waals surface area contributed by atoms with Crippen molar-refractivity contribution in [2.45, 2.75) is 49.1 Å². The van der Waals surface area contributed by atoms with Gasteiger partial charge in [-0.1, -0.05) is 17.7 Å². The molecule has 4 heterocycles. The summed E-state index contributed by atoms with van der Waals surface area (Å²) >= 11 is 6.55. The van der Waals surface area contributed by atoms with E-state index in [0.29, 0.717) is 29.2 Å². The average molecular weight is 727 g/mol. The molecule has 2 fully saturated rings. The minimum absolute atomic E-state index is 0.0188. The summed E-state index contributed by atoms with van der Waals surface area (Å²) in [5, 5.41) is 1.99. The molecular weight excluding hydrogens is 684 g/mol. The van der Waals surface area contributed by atoms with Gasteiger partial charge in [-0.15, -0.1) is 0 Å². The van der Waals surface area contributed by atoms with E-state index in [1.165, 1.54) is 56.8 Å². The summed E-state index contributed by atoms with van der Waals surface area (Å²) in [4.78, 5) is 39.1. The number of rotatable bonds is 10. The SMILES string of the molecule is COc1ccc(S(=O)(=O)N2C(=O)C(C(=O)NN3CCN(C4CCN(C)CC4)CC3)(c3cccnc3OC(C)C)c3cc(Cl)ccc32)c(OC)c1. The lowest BCUT2D eigenvalue weighted by atomic mass is 9.74. The number of benzene rings is 2. The van der Waals surface area contributed by atoms with E-state index in [-0.39, 0.29) is 44.5 Å². The maximum absolute atomic E-state index is 15.2. The predicted molar refractivity (Wildman–Crippen MR) is 188 cm³/mol. The van der Waals surface area contributed by atoms with E-state index < -0.39 is 27.3 Å². The van der Waals surface area contributed by atoms with Gasteiger partial charge in [0.1, 0.15) is 16.4 Å². The Morgan fingerprint density at radius 3 is 2.36 bits per heavy atom. The number of piperazine rings is 1. The Morgan fingerprint density at radius 1 is 0.980 bits per heavy atom. The van der Waals surface area contributed by atoms with Crippen molar-refractivity contribution in [3.05, 3.63) is 70.9 Å². The molecule has 3 aliphatic heterocycles. The lowest BCUT2D eigenvalue weighted by Crippen LogP contribution is -2.61. The highest BCUT2D eigenvalue weighted by Crippen LogP contribution is 2.52. The van der Waals surface area contributed by atoms with E-state index >= 15 is 9.59 Å². The molecule has 1 atom stereocenters. The molecule has 2 amide bonds. The zero-order chi connectivity index (χ0) is 35.8. The van der Waals surface area contributed by atoms with Gasteiger partial charge in [0.2, 0.25) is 5.88 Å². The van der Waals surface area contributed by atoms with Crippen LogP contribution in [0, 0.1) is 0 Å². The number of sulfonamides is 1. The van der Waals surface area contributed by atoms with Crippen LogP contribution in [0.3, 0.4) is 0 Å². The molecule has 0 aliphatic carbocycles. The number of carbonyl (C=O) groups is 2. The van der Waals surface area contributed by atoms with Gasteiger partial charge in [0.15, 0.2) is 5.41 Å². The van der Waals surface area contributed by atoms with Crippen LogP contribution >= 0.6 is 11.6 Å². The number of nitrogens with zero attached hydrogens (tertiary/aromatic N) is 5. The summed E-state index contributed by atoms with van der Waals surface area (Å²) in [5.74, 6) is -1.44. The maximum Gasteiger partial charge on any atom is 0.274 e. The number of aromatic nitrogens is 1. The molecule has 2 saturated heterocycles. The summed E-state index contributed by atoms with van der Waals surface area (Å²) in [6.45, 7) is 8.15. The van der Waals surface area contributed by atoms with Crippen LogP contribution in [0.2, 0.25) is 5.02 Å². The highest BCUT2D eigenvalue weighted by molar-refractivity contribution is 7.93. The van der Waals surface area contributed by atoms with Gasteiger partial charge < -0.3 is 19.1 Å². The minimum Gasteiger partial charge on any atom is -0.497 e. The van der Waals surface area contributed by atoms with Crippen molar-refractivity contribution in [2.75, 3.05) is 64.8 Å². The fraction of sp³-hybridized carbons (Fsp3) is 0.457. The number of amides is 2. The van der Waals surface area contributed by atoms with Gasteiger partial charge in [0.05, 0.1) is 26.0 Å². The van der Waals surface area contributed by atoms with Crippen LogP contribution in [0.1, 0.15) is 37.8 Å². The number of nitrogens with one attached hydrogen (secondary N) is 1. The lowest BCUT2D eigenvalue weighted by Gasteiger charge is -2.42. The zero-order valence-corrected chi connectivity index (χ0v) is 30.5. The van der Waals surface area contributed by atoms with E-state index in [9.17, 15) is 8.42 Å². The van der Waals surface area contributed by atoms with Crippen molar-refractivity contribution in [1.29, 1.82) is 0 Å². The molecule has 15 heteroatoms. The van der Waals surface area contributed by atoms with Crippen LogP contribution in [0.15, 0.2) is 59.6 Å². The number of likely N-dealkylation sites (tertiary alicyclic amines) is 1. The first kappa shape index (κ1) is 35.9. The highest BCUT2D eigenvalue weighted by Gasteiger charge is 2.62. The second kappa shape index (κ2) is 14.3. The normalized spacial score (nSPS) is 20.9. The number of hydrogen-bond donors (Lipinski definition) is 1. The minimum atomic E-state index is -4.69. The van der Waals surface area contributed by atoms with Crippen molar-refractivity contribution in [1.82, 2.24) is 25.2 Å². The van der Waals surface area contributed by atoms with Crippen LogP contribution < -0.4 is 23.9 Å². The van der Waals surface area contributed by atoms with Gasteiger partial charge in [-0.3, -0.25) is 19.9 Å². The molecule has 0 bridgehead atoms. The molecule has 50 heavy (non-hydrogen) atoms. The average Bonchev–Trinajstić information content (AvgIpc) is 3.36. The van der Waals surface area contributed by atoms with E-state index in [1.807, 2.05) is 0 Å². The Kier molecular flexibility index (Phi) is 10.3. The number of hydrazine groups is 1. The van der Waals surface area contributed by atoms with Crippen LogP contribution in [-0.2, 0) is 25.0 Å². The molecule has 13 nitrogen and oxygen atoms in total. The van der Waals surface area contributed by atoms with E-state index in [4.69, 9.17) is 25.8 Å². The molecule has 2 aromatic carbocycles. The number of carbonyl (C=O) groups excluding carboxylic acids is 2. The predicted octanol–water partition coefficient (Wildman–Crippen LogP) is 3.30. The molecular formula is C35H43ClN6O7S. The summed E-state index contributed by atoms with van der Waals surface area (Å²) in [6.07, 6.45) is 3.28. The largest absolute Gasteiger partial charge is 0.497 e. The molecule has 3 aromatic rings. The summed E-state index contributed by atoms with van der Waals surface area (Å²) < 4.78 is 46.7. The Balaban J connectivity index is 1.45. The second-order valence-corrected chi connectivity index (χ2v) is 15.2. The Morgan fingerprint density at radius 2 is 1.70 bits per heavy atom. The number of fused-ring (bicyclic) bond motifs is 1. The number of methoxy groups -OCH3 is 2. The van der Waals surface area contributed by atoms with E-state index in [0.717, 1.165) is 39.0 Å². The van der Waals surface area contributed by atoms with Gasteiger partial charge in [-0.25, -0.2) is 22.7 Å². The second-order valence-electron chi connectivity index (χ2n) is 13.0. The Bertz CT molecular complexity index is 1860. The smallest absolute Gasteiger partial charge is 0.274 e. The highest BCUT2D eigenvalue weighted by atomic mass is 35.5. The molecule has 0 saturated carbocycles. The summed E-state index contributed by atoms with van der Waals surface area (Å²) in [5.41, 5.74) is 0.885. The Labute approximate surface area is 298 Å². The topological polar surface area (TPSA) is 134 Å². The van der Waals surface area contributed by atoms with Gasteiger partial charge >= 0.3 is 0 Å². The molecule has 268 valence electrons. The number of ether oxygens (including phenoxy) is 3. The number of hydrogen-bond acceptors (Lipinski definition) is 11. The van der Waals surface area contributed by atoms with Crippen LogP contribution in [0.5, 0.6) is 17.4 Å². The number of halogens is 1. The lowest BCUT2D eigenvalue weighted by molar-refractivity contribution is -0.137. The fourth-order valence-corrected chi connectivity index (χ4v) is 8.85. The van der Waals surface area contributed by atoms with Gasteiger partial charge in [0, 0.05) is 60.6 Å². The summed E-state index contributed by atoms with van der Waals surface area (Å²) in [6, 6.07) is 12.2. The first-order chi connectivity index (χ1) is 23.9. The van der Waals surface area contributed by atoms with E-state index in [2.05, 4.69) is 27.3 Å². The maximum atomic E-state index is 15.2. The van der Waals surface area contributed by atoms with Gasteiger partial charge in [-0.05, 0) is 83.2 Å².